The van der Waals surface area contributed by atoms with E-state index < -0.39 is 0 Å². The van der Waals surface area contributed by atoms with Gasteiger partial charge in [-0.1, -0.05) is 62.7 Å². The van der Waals surface area contributed by atoms with E-state index in [4.69, 9.17) is 11.6 Å². The molecule has 0 aliphatic carbocycles. The van der Waals surface area contributed by atoms with Gasteiger partial charge in [-0.2, -0.15) is 0 Å². The predicted molar refractivity (Wildman–Crippen MR) is 98.3 cm³/mol. The van der Waals surface area contributed by atoms with Gasteiger partial charge >= 0.3 is 0 Å². The van der Waals surface area contributed by atoms with Crippen LogP contribution in [0.2, 0.25) is 5.02 Å². The third kappa shape index (κ3) is 5.00. The largest absolute Gasteiger partial charge is 0.384 e. The van der Waals surface area contributed by atoms with Crippen molar-refractivity contribution in [3.63, 3.8) is 0 Å². The lowest BCUT2D eigenvalue weighted by Crippen LogP contribution is -2.19. The lowest BCUT2D eigenvalue weighted by molar-refractivity contribution is -0.115. The van der Waals surface area contributed by atoms with Crippen LogP contribution in [-0.4, -0.2) is 12.5 Å². The zero-order chi connectivity index (χ0) is 16.9. The van der Waals surface area contributed by atoms with Crippen LogP contribution in [0.4, 0.5) is 11.4 Å². The Morgan fingerprint density at radius 3 is 2.26 bits per heavy atom. The lowest BCUT2D eigenvalue weighted by Gasteiger charge is -2.23. The van der Waals surface area contributed by atoms with Gasteiger partial charge in [-0.3, -0.25) is 4.79 Å². The summed E-state index contributed by atoms with van der Waals surface area (Å²) in [5.41, 5.74) is 3.02. The van der Waals surface area contributed by atoms with E-state index in [9.17, 15) is 4.79 Å². The zero-order valence-electron chi connectivity index (χ0n) is 13.8. The highest BCUT2D eigenvalue weighted by Gasteiger charge is 2.17. The van der Waals surface area contributed by atoms with Gasteiger partial charge in [0.15, 0.2) is 0 Å². The predicted octanol–water partition coefficient (Wildman–Crippen LogP) is 5.08. The quantitative estimate of drug-likeness (QED) is 0.802. The van der Waals surface area contributed by atoms with E-state index in [-0.39, 0.29) is 11.3 Å². The second kappa shape index (κ2) is 7.51. The number of halogens is 1. The fraction of sp³-hybridized carbons (Fsp3) is 0.316. The van der Waals surface area contributed by atoms with Crippen molar-refractivity contribution in [3.05, 3.63) is 59.1 Å². The van der Waals surface area contributed by atoms with Crippen LogP contribution in [0.1, 0.15) is 32.8 Å². The Kier molecular flexibility index (Phi) is 5.67. The molecule has 0 aliphatic rings. The van der Waals surface area contributed by atoms with Gasteiger partial charge in [0.05, 0.1) is 10.7 Å². The van der Waals surface area contributed by atoms with Gasteiger partial charge in [0.25, 0.3) is 0 Å². The van der Waals surface area contributed by atoms with Crippen LogP contribution in [0.3, 0.4) is 0 Å². The minimum absolute atomic E-state index is 0.0566. The van der Waals surface area contributed by atoms with E-state index in [1.807, 2.05) is 30.3 Å². The van der Waals surface area contributed by atoms with Gasteiger partial charge in [0, 0.05) is 18.7 Å². The molecule has 0 bridgehead atoms. The molecule has 4 heteroatoms. The number of carbonyl (C=O) groups is 1. The highest BCUT2D eigenvalue weighted by Crippen LogP contribution is 2.29. The maximum absolute atomic E-state index is 12.0. The highest BCUT2D eigenvalue weighted by molar-refractivity contribution is 6.33. The molecule has 3 nitrogen and oxygen atoms in total. The normalized spacial score (nSPS) is 11.1. The SMILES string of the molecule is CC(C)(C)c1ccccc1NCCC(=O)Nc1ccccc1Cl. The first-order valence-electron chi connectivity index (χ1n) is 7.75. The molecular formula is C19H23ClN2O. The van der Waals surface area contributed by atoms with Gasteiger partial charge in [-0.15, -0.1) is 0 Å². The Balaban J connectivity index is 1.91. The van der Waals surface area contributed by atoms with Crippen molar-refractivity contribution in [3.8, 4) is 0 Å². The number of rotatable bonds is 5. The van der Waals surface area contributed by atoms with Gasteiger partial charge in [-0.05, 0) is 29.2 Å². The molecule has 122 valence electrons. The molecule has 2 N–H and O–H groups in total. The number of benzene rings is 2. The average molecular weight is 331 g/mol. The molecule has 2 aromatic carbocycles. The minimum Gasteiger partial charge on any atom is -0.384 e. The minimum atomic E-state index is -0.0566. The molecule has 0 radical (unpaired) electrons. The molecule has 0 unspecified atom stereocenters. The fourth-order valence-electron chi connectivity index (χ4n) is 2.38. The van der Waals surface area contributed by atoms with Crippen LogP contribution in [0, 0.1) is 0 Å². The molecule has 0 spiro atoms. The Morgan fingerprint density at radius 2 is 1.61 bits per heavy atom. The first-order valence-corrected chi connectivity index (χ1v) is 8.13. The van der Waals surface area contributed by atoms with Crippen LogP contribution in [-0.2, 0) is 10.2 Å². The van der Waals surface area contributed by atoms with Crippen molar-refractivity contribution < 1.29 is 4.79 Å². The van der Waals surface area contributed by atoms with Crippen molar-refractivity contribution in [1.29, 1.82) is 0 Å². The summed E-state index contributed by atoms with van der Waals surface area (Å²) in [6.07, 6.45) is 0.379. The van der Waals surface area contributed by atoms with Crippen LogP contribution < -0.4 is 10.6 Å². The first-order chi connectivity index (χ1) is 10.9. The van der Waals surface area contributed by atoms with E-state index in [0.29, 0.717) is 23.7 Å². The Hall–Kier alpha value is -2.00. The van der Waals surface area contributed by atoms with Gasteiger partial charge in [0.2, 0.25) is 5.91 Å². The standard InChI is InChI=1S/C19H23ClN2O/c1-19(2,3)14-8-4-6-10-16(14)21-13-12-18(23)22-17-11-7-5-9-15(17)20/h4-11,21H,12-13H2,1-3H3,(H,22,23). The summed E-state index contributed by atoms with van der Waals surface area (Å²) in [6, 6.07) is 15.4. The third-order valence-corrected chi connectivity index (χ3v) is 3.88. The van der Waals surface area contributed by atoms with Crippen LogP contribution in [0.15, 0.2) is 48.5 Å². The Morgan fingerprint density at radius 1 is 1.00 bits per heavy atom. The van der Waals surface area contributed by atoms with E-state index in [0.717, 1.165) is 5.69 Å². The number of carbonyl (C=O) groups excluding carboxylic acids is 1. The molecule has 0 aliphatic heterocycles. The second-order valence-corrected chi connectivity index (χ2v) is 6.91. The molecule has 1 amide bonds. The summed E-state index contributed by atoms with van der Waals surface area (Å²) in [4.78, 5) is 12.0. The number of nitrogens with one attached hydrogen (secondary N) is 2. The number of hydrogen-bond acceptors (Lipinski definition) is 2. The summed E-state index contributed by atoms with van der Waals surface area (Å²) in [5, 5.41) is 6.74. The molecule has 2 aromatic rings. The molecular weight excluding hydrogens is 308 g/mol. The fourth-order valence-corrected chi connectivity index (χ4v) is 2.56. The van der Waals surface area contributed by atoms with E-state index in [1.54, 1.807) is 12.1 Å². The Labute approximate surface area is 143 Å². The average Bonchev–Trinajstić information content (AvgIpc) is 2.49. The van der Waals surface area contributed by atoms with Crippen molar-refractivity contribution in [1.82, 2.24) is 0 Å². The van der Waals surface area contributed by atoms with E-state index >= 15 is 0 Å². The van der Waals surface area contributed by atoms with Crippen molar-refractivity contribution in [2.45, 2.75) is 32.6 Å². The van der Waals surface area contributed by atoms with Crippen LogP contribution in [0.5, 0.6) is 0 Å². The number of para-hydroxylation sites is 2. The van der Waals surface area contributed by atoms with Crippen molar-refractivity contribution >= 4 is 28.9 Å². The molecule has 0 saturated carbocycles. The molecule has 23 heavy (non-hydrogen) atoms. The van der Waals surface area contributed by atoms with Crippen LogP contribution in [0.25, 0.3) is 0 Å². The smallest absolute Gasteiger partial charge is 0.226 e. The van der Waals surface area contributed by atoms with Crippen molar-refractivity contribution in [2.75, 3.05) is 17.2 Å². The van der Waals surface area contributed by atoms with Gasteiger partial charge < -0.3 is 10.6 Å². The van der Waals surface area contributed by atoms with Crippen LogP contribution >= 0.6 is 11.6 Å². The highest BCUT2D eigenvalue weighted by atomic mass is 35.5. The summed E-state index contributed by atoms with van der Waals surface area (Å²) in [5.74, 6) is -0.0566. The summed E-state index contributed by atoms with van der Waals surface area (Å²) in [6.45, 7) is 7.11. The maximum Gasteiger partial charge on any atom is 0.226 e. The second-order valence-electron chi connectivity index (χ2n) is 6.50. The maximum atomic E-state index is 12.0. The third-order valence-electron chi connectivity index (χ3n) is 3.55. The van der Waals surface area contributed by atoms with E-state index in [1.165, 1.54) is 5.56 Å². The number of anilines is 2. The van der Waals surface area contributed by atoms with Crippen molar-refractivity contribution in [2.24, 2.45) is 0 Å². The summed E-state index contributed by atoms with van der Waals surface area (Å²) in [7, 11) is 0. The van der Waals surface area contributed by atoms with Gasteiger partial charge in [-0.25, -0.2) is 0 Å². The molecule has 0 aromatic heterocycles. The summed E-state index contributed by atoms with van der Waals surface area (Å²) < 4.78 is 0. The molecule has 2 rings (SSSR count). The van der Waals surface area contributed by atoms with E-state index in [2.05, 4.69) is 37.5 Å². The number of hydrogen-bond donors (Lipinski definition) is 2. The lowest BCUT2D eigenvalue weighted by atomic mass is 9.86. The van der Waals surface area contributed by atoms with Gasteiger partial charge in [0.1, 0.15) is 0 Å². The summed E-state index contributed by atoms with van der Waals surface area (Å²) >= 11 is 6.04. The molecule has 0 atom stereocenters. The molecule has 0 heterocycles. The number of amides is 1. The molecule has 0 saturated heterocycles. The molecule has 0 fully saturated rings. The zero-order valence-corrected chi connectivity index (χ0v) is 14.6. The topological polar surface area (TPSA) is 41.1 Å². The first kappa shape index (κ1) is 17.4. The Bertz CT molecular complexity index is 677. The monoisotopic (exact) mass is 330 g/mol.